The molecule has 2 aliphatic rings. The SMILES string of the molecule is COc1ccc([C@@H]2c3sc(=O)n(CC(=O)Nc4ccc(C)cc4)c3S[C@@H]3C(=O)N(c4ccc([N+](=O)[O-])cc4)C(=O)[C@H]23)cc1. The van der Waals surface area contributed by atoms with Crippen LogP contribution in [-0.2, 0) is 20.9 Å². The number of methoxy groups -OCH3 is 1. The van der Waals surface area contributed by atoms with Gasteiger partial charge in [-0.25, -0.2) is 4.90 Å². The lowest BCUT2D eigenvalue weighted by Gasteiger charge is -2.30. The summed E-state index contributed by atoms with van der Waals surface area (Å²) in [6.45, 7) is 1.66. The second-order valence-electron chi connectivity index (χ2n) is 10.1. The number of hydrogen-bond acceptors (Lipinski definition) is 9. The molecule has 3 atom stereocenters. The molecule has 0 aliphatic carbocycles. The van der Waals surface area contributed by atoms with E-state index in [0.717, 1.165) is 33.6 Å². The highest BCUT2D eigenvalue weighted by molar-refractivity contribution is 8.00. The third-order valence-corrected chi connectivity index (χ3v) is 10.1. The summed E-state index contributed by atoms with van der Waals surface area (Å²) in [5.74, 6) is -2.26. The number of anilines is 2. The number of nitrogens with one attached hydrogen (secondary N) is 1. The van der Waals surface area contributed by atoms with Crippen molar-refractivity contribution in [2.45, 2.75) is 29.7 Å². The minimum absolute atomic E-state index is 0.166. The van der Waals surface area contributed by atoms with E-state index < -0.39 is 39.7 Å². The maximum atomic E-state index is 14.0. The van der Waals surface area contributed by atoms with E-state index in [-0.39, 0.29) is 22.8 Å². The molecule has 13 heteroatoms. The van der Waals surface area contributed by atoms with Crippen molar-refractivity contribution < 1.29 is 24.0 Å². The first-order valence-electron chi connectivity index (χ1n) is 13.2. The molecule has 218 valence electrons. The molecule has 3 aromatic carbocycles. The van der Waals surface area contributed by atoms with Crippen LogP contribution in [0.4, 0.5) is 17.1 Å². The summed E-state index contributed by atoms with van der Waals surface area (Å²) in [4.78, 5) is 66.0. The quantitative estimate of drug-likeness (QED) is 0.181. The fourth-order valence-electron chi connectivity index (χ4n) is 5.38. The van der Waals surface area contributed by atoms with Crippen LogP contribution >= 0.6 is 23.1 Å². The number of nitro benzene ring substituents is 1. The van der Waals surface area contributed by atoms with Gasteiger partial charge in [0.05, 0.1) is 28.7 Å². The Labute approximate surface area is 253 Å². The highest BCUT2D eigenvalue weighted by atomic mass is 32.2. The van der Waals surface area contributed by atoms with E-state index >= 15 is 0 Å². The van der Waals surface area contributed by atoms with Gasteiger partial charge in [-0.1, -0.05) is 52.9 Å². The molecule has 0 spiro atoms. The molecule has 0 bridgehead atoms. The zero-order valence-corrected chi connectivity index (χ0v) is 24.5. The molecule has 1 fully saturated rings. The van der Waals surface area contributed by atoms with Crippen LogP contribution in [0.3, 0.4) is 0 Å². The van der Waals surface area contributed by atoms with E-state index in [9.17, 15) is 29.3 Å². The molecule has 0 radical (unpaired) electrons. The number of imide groups is 1. The average Bonchev–Trinajstić information content (AvgIpc) is 3.44. The minimum atomic E-state index is -0.886. The molecule has 0 unspecified atom stereocenters. The molecule has 1 N–H and O–H groups in total. The van der Waals surface area contributed by atoms with Crippen LogP contribution in [0, 0.1) is 23.0 Å². The number of hydrogen-bond donors (Lipinski definition) is 1. The maximum absolute atomic E-state index is 14.0. The molecule has 4 aromatic rings. The van der Waals surface area contributed by atoms with Crippen molar-refractivity contribution >= 4 is 57.9 Å². The number of ether oxygens (including phenoxy) is 1. The second kappa shape index (κ2) is 11.2. The maximum Gasteiger partial charge on any atom is 0.308 e. The molecule has 2 aliphatic heterocycles. The first-order valence-corrected chi connectivity index (χ1v) is 14.9. The molecule has 0 saturated carbocycles. The third-order valence-electron chi connectivity index (χ3n) is 7.48. The van der Waals surface area contributed by atoms with E-state index in [1.165, 1.54) is 35.9 Å². The van der Waals surface area contributed by atoms with Crippen molar-refractivity contribution in [3.63, 3.8) is 0 Å². The topological polar surface area (TPSA) is 141 Å². The Kier molecular flexibility index (Phi) is 7.36. The van der Waals surface area contributed by atoms with Crippen LogP contribution < -0.4 is 19.8 Å². The number of thioether (sulfide) groups is 1. The van der Waals surface area contributed by atoms with Gasteiger partial charge in [-0.3, -0.25) is 33.9 Å². The Bertz CT molecular complexity index is 1820. The van der Waals surface area contributed by atoms with Gasteiger partial charge < -0.3 is 10.1 Å². The zero-order chi connectivity index (χ0) is 30.4. The molecule has 6 rings (SSSR count). The number of non-ortho nitro benzene ring substituents is 1. The van der Waals surface area contributed by atoms with Gasteiger partial charge >= 0.3 is 4.87 Å². The summed E-state index contributed by atoms with van der Waals surface area (Å²) in [6, 6.07) is 19.6. The van der Waals surface area contributed by atoms with Crippen LogP contribution in [0.5, 0.6) is 5.75 Å². The van der Waals surface area contributed by atoms with Crippen molar-refractivity contribution in [1.82, 2.24) is 4.57 Å². The van der Waals surface area contributed by atoms with Crippen molar-refractivity contribution in [2.75, 3.05) is 17.3 Å². The van der Waals surface area contributed by atoms with Gasteiger partial charge in [0.25, 0.3) is 5.69 Å². The molecule has 1 aromatic heterocycles. The summed E-state index contributed by atoms with van der Waals surface area (Å²) in [7, 11) is 1.54. The monoisotopic (exact) mass is 616 g/mol. The van der Waals surface area contributed by atoms with Crippen LogP contribution in [0.15, 0.2) is 82.6 Å². The number of amides is 3. The van der Waals surface area contributed by atoms with Gasteiger partial charge in [-0.05, 0) is 48.9 Å². The van der Waals surface area contributed by atoms with E-state index in [1.807, 2.05) is 19.1 Å². The lowest BCUT2D eigenvalue weighted by atomic mass is 9.83. The van der Waals surface area contributed by atoms with Gasteiger partial charge in [0, 0.05) is 28.6 Å². The average molecular weight is 617 g/mol. The Hall–Kier alpha value is -4.75. The first-order chi connectivity index (χ1) is 20.7. The second-order valence-corrected chi connectivity index (χ2v) is 12.3. The summed E-state index contributed by atoms with van der Waals surface area (Å²) >= 11 is 2.05. The van der Waals surface area contributed by atoms with E-state index in [4.69, 9.17) is 4.74 Å². The molecule has 11 nitrogen and oxygen atoms in total. The number of carbonyl (C=O) groups is 3. The number of carbonyl (C=O) groups excluding carboxylic acids is 3. The highest BCUT2D eigenvalue weighted by Crippen LogP contribution is 2.54. The smallest absolute Gasteiger partial charge is 0.308 e. The van der Waals surface area contributed by atoms with Crippen molar-refractivity contribution in [3.05, 3.63) is 109 Å². The number of aryl methyl sites for hydroxylation is 1. The Morgan fingerprint density at radius 3 is 2.28 bits per heavy atom. The number of benzene rings is 3. The minimum Gasteiger partial charge on any atom is -0.497 e. The Morgan fingerprint density at radius 1 is 0.977 bits per heavy atom. The van der Waals surface area contributed by atoms with Gasteiger partial charge in [-0.2, -0.15) is 0 Å². The highest BCUT2D eigenvalue weighted by Gasteiger charge is 2.56. The summed E-state index contributed by atoms with van der Waals surface area (Å²) in [5.41, 5.74) is 2.40. The number of fused-ring (bicyclic) bond motifs is 2. The van der Waals surface area contributed by atoms with Crippen molar-refractivity contribution in [3.8, 4) is 5.75 Å². The van der Waals surface area contributed by atoms with E-state index in [2.05, 4.69) is 5.32 Å². The number of nitro groups is 1. The Balaban J connectivity index is 1.39. The van der Waals surface area contributed by atoms with Gasteiger partial charge in [-0.15, -0.1) is 0 Å². The van der Waals surface area contributed by atoms with Crippen LogP contribution in [0.1, 0.15) is 21.9 Å². The lowest BCUT2D eigenvalue weighted by Crippen LogP contribution is -2.33. The van der Waals surface area contributed by atoms with Crippen LogP contribution in [0.25, 0.3) is 0 Å². The lowest BCUT2D eigenvalue weighted by molar-refractivity contribution is -0.384. The normalized spacial score (nSPS) is 19.1. The molecule has 3 heterocycles. The van der Waals surface area contributed by atoms with E-state index in [0.29, 0.717) is 26.9 Å². The third kappa shape index (κ3) is 5.10. The fourth-order valence-corrected chi connectivity index (χ4v) is 8.16. The number of rotatable bonds is 7. The van der Waals surface area contributed by atoms with Gasteiger partial charge in [0.15, 0.2) is 0 Å². The van der Waals surface area contributed by atoms with Crippen LogP contribution in [0.2, 0.25) is 0 Å². The Morgan fingerprint density at radius 2 is 1.65 bits per heavy atom. The van der Waals surface area contributed by atoms with Gasteiger partial charge in [0.2, 0.25) is 17.7 Å². The molecule has 3 amide bonds. The number of nitrogens with zero attached hydrogens (tertiary/aromatic N) is 3. The fraction of sp³-hybridized carbons (Fsp3) is 0.200. The van der Waals surface area contributed by atoms with Crippen LogP contribution in [-0.4, -0.2) is 39.6 Å². The number of aromatic nitrogens is 1. The first kappa shape index (κ1) is 28.4. The van der Waals surface area contributed by atoms with E-state index in [1.54, 1.807) is 36.4 Å². The molecular formula is C30H24N4O7S2. The van der Waals surface area contributed by atoms with Crippen molar-refractivity contribution in [1.29, 1.82) is 0 Å². The summed E-state index contributed by atoms with van der Waals surface area (Å²) in [5, 5.41) is 13.5. The summed E-state index contributed by atoms with van der Waals surface area (Å²) in [6.07, 6.45) is 0. The predicted octanol–water partition coefficient (Wildman–Crippen LogP) is 4.57. The number of thiazole rings is 1. The van der Waals surface area contributed by atoms with Crippen molar-refractivity contribution in [2.24, 2.45) is 5.92 Å². The molecule has 1 saturated heterocycles. The predicted molar refractivity (Wildman–Crippen MR) is 162 cm³/mol. The molecule has 43 heavy (non-hydrogen) atoms. The molecular weight excluding hydrogens is 592 g/mol. The summed E-state index contributed by atoms with van der Waals surface area (Å²) < 4.78 is 6.65. The zero-order valence-electron chi connectivity index (χ0n) is 22.9. The van der Waals surface area contributed by atoms with Gasteiger partial charge in [0.1, 0.15) is 17.5 Å². The standard InChI is InChI=1S/C30H24N4O7S2/c1-16-3-7-18(8-4-16)31-22(35)15-32-29-26(43-30(32)38)23(17-5-13-21(41-2)14-6-17)24-25(42-29)28(37)33(27(24)36)19-9-11-20(12-10-19)34(39)40/h3-14,23-25H,15H2,1-2H3,(H,31,35)/t23-,24+,25-/m0/s1. The largest absolute Gasteiger partial charge is 0.497 e.